The van der Waals surface area contributed by atoms with E-state index in [0.717, 1.165) is 58.5 Å². The number of thioether (sulfide) groups is 1. The fourth-order valence-electron chi connectivity index (χ4n) is 5.26. The first-order valence-electron chi connectivity index (χ1n) is 12.8. The largest absolute Gasteiger partial charge is 0.363 e. The van der Waals surface area contributed by atoms with Crippen LogP contribution in [0.3, 0.4) is 0 Å². The molecule has 6 rings (SSSR count). The van der Waals surface area contributed by atoms with Gasteiger partial charge in [0.2, 0.25) is 0 Å². The number of hydrogen-bond donors (Lipinski definition) is 1. The number of hydroxylamine groups is 2. The van der Waals surface area contributed by atoms with Gasteiger partial charge in [-0.1, -0.05) is 48.2 Å². The van der Waals surface area contributed by atoms with Crippen molar-refractivity contribution in [3.8, 4) is 0 Å². The van der Waals surface area contributed by atoms with Crippen LogP contribution >= 0.6 is 11.8 Å². The number of hydrogen-bond acceptors (Lipinski definition) is 8. The molecule has 40 heavy (non-hydrogen) atoms. The average molecular weight is 578 g/mol. The molecule has 0 unspecified atom stereocenters. The Hall–Kier alpha value is -3.87. The van der Waals surface area contributed by atoms with Crippen LogP contribution in [-0.2, 0) is 37.6 Å². The maximum Gasteiger partial charge on any atom is 0.287 e. The average Bonchev–Trinajstić information content (AvgIpc) is 3.69. The van der Waals surface area contributed by atoms with E-state index in [1.807, 2.05) is 66.3 Å². The van der Waals surface area contributed by atoms with E-state index >= 15 is 0 Å². The SMILES string of the molecule is Cn1cc(C2=C(c3cn(CCCSC4=NCCN4)c4ccccc34)C(=O)N(OS(C)(=O)=O)C2=O)c2ccccc21. The van der Waals surface area contributed by atoms with Crippen molar-refractivity contribution < 1.29 is 22.3 Å². The van der Waals surface area contributed by atoms with Gasteiger partial charge in [0.25, 0.3) is 21.9 Å². The lowest BCUT2D eigenvalue weighted by Gasteiger charge is -2.11. The number of amides is 2. The topological polar surface area (TPSA) is 115 Å². The number of aryl methyl sites for hydroxylation is 2. The summed E-state index contributed by atoms with van der Waals surface area (Å²) in [5.41, 5.74) is 3.07. The third kappa shape index (κ3) is 4.72. The van der Waals surface area contributed by atoms with Crippen molar-refractivity contribution in [2.75, 3.05) is 25.1 Å². The van der Waals surface area contributed by atoms with Gasteiger partial charge >= 0.3 is 0 Å². The zero-order valence-corrected chi connectivity index (χ0v) is 23.6. The van der Waals surface area contributed by atoms with Crippen LogP contribution in [0.2, 0.25) is 0 Å². The van der Waals surface area contributed by atoms with Crippen molar-refractivity contribution in [3.05, 3.63) is 72.1 Å². The van der Waals surface area contributed by atoms with E-state index in [2.05, 4.69) is 14.9 Å². The Morgan fingerprint density at radius 3 is 2.23 bits per heavy atom. The predicted molar refractivity (Wildman–Crippen MR) is 157 cm³/mol. The summed E-state index contributed by atoms with van der Waals surface area (Å²) >= 11 is 1.68. The van der Waals surface area contributed by atoms with Crippen molar-refractivity contribution in [2.45, 2.75) is 13.0 Å². The summed E-state index contributed by atoms with van der Waals surface area (Å²) < 4.78 is 32.9. The van der Waals surface area contributed by atoms with Crippen LogP contribution in [0.4, 0.5) is 0 Å². The molecule has 0 spiro atoms. The Morgan fingerprint density at radius 2 is 1.57 bits per heavy atom. The highest BCUT2D eigenvalue weighted by atomic mass is 32.2. The second kappa shape index (κ2) is 10.3. The molecule has 0 atom stereocenters. The molecule has 206 valence electrons. The Balaban J connectivity index is 1.47. The molecule has 2 amide bonds. The maximum atomic E-state index is 13.8. The number of fused-ring (bicyclic) bond motifs is 2. The van der Waals surface area contributed by atoms with Gasteiger partial charge in [0, 0.05) is 71.2 Å². The third-order valence-corrected chi connectivity index (χ3v) is 8.37. The summed E-state index contributed by atoms with van der Waals surface area (Å²) in [7, 11) is -2.30. The van der Waals surface area contributed by atoms with Crippen molar-refractivity contribution in [2.24, 2.45) is 12.0 Å². The molecule has 0 saturated carbocycles. The van der Waals surface area contributed by atoms with E-state index in [9.17, 15) is 18.0 Å². The van der Waals surface area contributed by atoms with Gasteiger partial charge < -0.3 is 14.5 Å². The van der Waals surface area contributed by atoms with Crippen LogP contribution in [0.25, 0.3) is 33.0 Å². The number of nitrogens with one attached hydrogen (secondary N) is 1. The van der Waals surface area contributed by atoms with Crippen LogP contribution in [0, 0.1) is 0 Å². The number of benzene rings is 2. The van der Waals surface area contributed by atoms with E-state index in [4.69, 9.17) is 4.28 Å². The predicted octanol–water partition coefficient (Wildman–Crippen LogP) is 3.39. The molecule has 0 fully saturated rings. The molecule has 0 radical (unpaired) electrons. The smallest absolute Gasteiger partial charge is 0.287 e. The summed E-state index contributed by atoms with van der Waals surface area (Å²) in [5, 5.41) is 6.13. The minimum Gasteiger partial charge on any atom is -0.363 e. The van der Waals surface area contributed by atoms with E-state index in [-0.39, 0.29) is 11.1 Å². The molecule has 0 bridgehead atoms. The summed E-state index contributed by atoms with van der Waals surface area (Å²) in [6.45, 7) is 2.35. The molecular weight excluding hydrogens is 550 g/mol. The summed E-state index contributed by atoms with van der Waals surface area (Å²) in [6.07, 6.45) is 5.32. The van der Waals surface area contributed by atoms with Crippen LogP contribution in [0.1, 0.15) is 17.5 Å². The molecule has 12 heteroatoms. The molecule has 4 heterocycles. The molecule has 2 aromatic carbocycles. The van der Waals surface area contributed by atoms with E-state index in [1.165, 1.54) is 0 Å². The summed E-state index contributed by atoms with van der Waals surface area (Å²) in [6, 6.07) is 15.2. The quantitative estimate of drug-likeness (QED) is 0.252. The zero-order chi connectivity index (χ0) is 28.0. The lowest BCUT2D eigenvalue weighted by atomic mass is 9.95. The first-order valence-corrected chi connectivity index (χ1v) is 15.6. The molecule has 10 nitrogen and oxygen atoms in total. The van der Waals surface area contributed by atoms with Gasteiger partial charge in [-0.3, -0.25) is 14.6 Å². The van der Waals surface area contributed by atoms with Gasteiger partial charge in [-0.2, -0.15) is 8.42 Å². The third-order valence-electron chi connectivity index (χ3n) is 6.91. The molecule has 1 N–H and O–H groups in total. The van der Waals surface area contributed by atoms with Gasteiger partial charge in [-0.25, -0.2) is 0 Å². The number of imide groups is 1. The van der Waals surface area contributed by atoms with Crippen molar-refractivity contribution in [3.63, 3.8) is 0 Å². The molecule has 0 saturated heterocycles. The number of carbonyl (C=O) groups is 2. The summed E-state index contributed by atoms with van der Waals surface area (Å²) in [4.78, 5) is 32.0. The normalized spacial score (nSPS) is 16.1. The fourth-order valence-corrected chi connectivity index (χ4v) is 6.52. The number of carbonyl (C=O) groups excluding carboxylic acids is 2. The van der Waals surface area contributed by atoms with Crippen LogP contribution in [0.15, 0.2) is 65.9 Å². The van der Waals surface area contributed by atoms with E-state index in [1.54, 1.807) is 18.0 Å². The molecular formula is C28H27N5O5S2. The lowest BCUT2D eigenvalue weighted by molar-refractivity contribution is -0.160. The number of rotatable bonds is 8. The highest BCUT2D eigenvalue weighted by Crippen LogP contribution is 2.42. The number of aliphatic imine (C=N–C) groups is 1. The molecule has 0 aliphatic carbocycles. The van der Waals surface area contributed by atoms with Crippen molar-refractivity contribution >= 4 is 71.8 Å². The van der Waals surface area contributed by atoms with Gasteiger partial charge in [0.05, 0.1) is 23.9 Å². The number of para-hydroxylation sites is 2. The Kier molecular flexibility index (Phi) is 6.77. The molecule has 2 aromatic heterocycles. The van der Waals surface area contributed by atoms with Crippen LogP contribution in [-0.4, -0.2) is 64.7 Å². The highest BCUT2D eigenvalue weighted by molar-refractivity contribution is 8.13. The molecule has 4 aromatic rings. The summed E-state index contributed by atoms with van der Waals surface area (Å²) in [5.74, 6) is -0.771. The second-order valence-corrected chi connectivity index (χ2v) is 12.3. The van der Waals surface area contributed by atoms with E-state index in [0.29, 0.717) is 22.7 Å². The fraction of sp³-hybridized carbons (Fsp3) is 0.250. The van der Waals surface area contributed by atoms with Crippen molar-refractivity contribution in [1.29, 1.82) is 0 Å². The standard InChI is InChI=1S/C28H27N5O5S2/c1-31-16-20(18-8-3-5-10-22(18)31)24-25(27(35)33(26(24)34)38-40(2,36)37)21-17-32(23-11-6-4-9-19(21)23)14-7-15-39-28-29-12-13-30-28/h3-6,8-11,16-17H,7,12-15H2,1-2H3,(H,29,30). The molecule has 2 aliphatic heterocycles. The van der Waals surface area contributed by atoms with Crippen LogP contribution < -0.4 is 5.32 Å². The number of aromatic nitrogens is 2. The van der Waals surface area contributed by atoms with Gasteiger partial charge in [0.1, 0.15) is 0 Å². The highest BCUT2D eigenvalue weighted by Gasteiger charge is 2.44. The first-order chi connectivity index (χ1) is 19.2. The first kappa shape index (κ1) is 26.4. The van der Waals surface area contributed by atoms with Crippen molar-refractivity contribution in [1.82, 2.24) is 19.5 Å². The van der Waals surface area contributed by atoms with Gasteiger partial charge in [-0.15, -0.1) is 9.35 Å². The second-order valence-electron chi connectivity index (χ2n) is 9.67. The van der Waals surface area contributed by atoms with E-state index < -0.39 is 21.9 Å². The number of amidine groups is 1. The Labute approximate surface area is 235 Å². The van der Waals surface area contributed by atoms with Crippen LogP contribution in [0.5, 0.6) is 0 Å². The Bertz CT molecular complexity index is 1850. The number of nitrogens with zero attached hydrogens (tertiary/aromatic N) is 4. The Morgan fingerprint density at radius 1 is 0.950 bits per heavy atom. The van der Waals surface area contributed by atoms with Gasteiger partial charge in [-0.05, 0) is 18.6 Å². The van der Waals surface area contributed by atoms with Gasteiger partial charge in [0.15, 0.2) is 5.17 Å². The molecule has 2 aliphatic rings. The maximum absolute atomic E-state index is 13.8. The minimum atomic E-state index is -4.15. The zero-order valence-electron chi connectivity index (χ0n) is 22.0. The minimum absolute atomic E-state index is 0.106. The monoisotopic (exact) mass is 577 g/mol. The lowest BCUT2D eigenvalue weighted by Crippen LogP contribution is -2.33.